The molecule has 1 aliphatic heterocycles. The molecule has 1 heterocycles. The van der Waals surface area contributed by atoms with E-state index in [0.29, 0.717) is 18.3 Å². The zero-order valence-electron chi connectivity index (χ0n) is 17.8. The van der Waals surface area contributed by atoms with Crippen molar-refractivity contribution < 1.29 is 18.5 Å². The monoisotopic (exact) mass is 468 g/mol. The number of hydrogen-bond acceptors (Lipinski definition) is 5. The molecule has 1 saturated heterocycles. The number of piperidine rings is 1. The summed E-state index contributed by atoms with van der Waals surface area (Å²) < 4.78 is 26.6. The molecule has 0 aliphatic carbocycles. The molecule has 7 nitrogen and oxygen atoms in total. The number of rotatable bonds is 8. The number of nitro benzene ring substituents is 1. The summed E-state index contributed by atoms with van der Waals surface area (Å²) in [5.74, 6) is -1.59. The Morgan fingerprint density at radius 1 is 1.16 bits per heavy atom. The molecule has 0 atom stereocenters. The van der Waals surface area contributed by atoms with E-state index in [1.807, 2.05) is 0 Å². The van der Waals surface area contributed by atoms with Crippen molar-refractivity contribution in [1.29, 1.82) is 0 Å². The van der Waals surface area contributed by atoms with Crippen molar-refractivity contribution in [3.05, 3.63) is 63.7 Å². The number of carbonyl (C=O) groups is 1. The molecule has 0 bridgehead atoms. The van der Waals surface area contributed by atoms with Crippen molar-refractivity contribution in [1.82, 2.24) is 4.90 Å². The summed E-state index contributed by atoms with van der Waals surface area (Å²) in [6.45, 7) is 5.93. The maximum Gasteiger partial charge on any atom is 0.293 e. The van der Waals surface area contributed by atoms with E-state index in [2.05, 4.69) is 22.5 Å². The zero-order valence-corrected chi connectivity index (χ0v) is 18.6. The van der Waals surface area contributed by atoms with Gasteiger partial charge >= 0.3 is 0 Å². The summed E-state index contributed by atoms with van der Waals surface area (Å²) in [6, 6.07) is 6.68. The quantitative estimate of drug-likeness (QED) is 0.320. The topological polar surface area (TPSA) is 87.5 Å². The molecule has 0 saturated carbocycles. The maximum atomic E-state index is 13.3. The van der Waals surface area contributed by atoms with Gasteiger partial charge < -0.3 is 15.5 Å². The van der Waals surface area contributed by atoms with Gasteiger partial charge in [-0.2, -0.15) is 0 Å². The van der Waals surface area contributed by atoms with Crippen LogP contribution in [0, 0.1) is 27.7 Å². The predicted octanol–water partition coefficient (Wildman–Crippen LogP) is 5.08. The first-order valence-corrected chi connectivity index (χ1v) is 10.3. The molecule has 2 N–H and O–H groups in total. The molecule has 32 heavy (non-hydrogen) atoms. The SMILES string of the molecule is CC1CCN(CCCNc2ccc(C(=O)Nc3cc(F)cc(F)c3)cc2[N+](=O)[O-])CC1.Cl. The third kappa shape index (κ3) is 7.13. The second-order valence-electron chi connectivity index (χ2n) is 7.91. The van der Waals surface area contributed by atoms with Crippen molar-refractivity contribution in [3.8, 4) is 0 Å². The van der Waals surface area contributed by atoms with E-state index in [0.717, 1.165) is 50.2 Å². The second kappa shape index (κ2) is 11.7. The molecule has 3 rings (SSSR count). The van der Waals surface area contributed by atoms with Crippen LogP contribution in [0.1, 0.15) is 36.5 Å². The molecule has 0 unspecified atom stereocenters. The third-order valence-corrected chi connectivity index (χ3v) is 5.42. The molecule has 2 aromatic carbocycles. The normalized spacial score (nSPS) is 14.5. The minimum atomic E-state index is -0.833. The molecule has 1 aliphatic rings. The minimum absolute atomic E-state index is 0. The van der Waals surface area contributed by atoms with Crippen LogP contribution in [0.5, 0.6) is 0 Å². The van der Waals surface area contributed by atoms with Crippen molar-refractivity contribution in [3.63, 3.8) is 0 Å². The molecule has 2 aromatic rings. The van der Waals surface area contributed by atoms with E-state index in [1.165, 1.54) is 25.0 Å². The van der Waals surface area contributed by atoms with E-state index in [1.54, 1.807) is 0 Å². The largest absolute Gasteiger partial charge is 0.379 e. The Balaban J connectivity index is 0.00000363. The Labute approximate surface area is 191 Å². The van der Waals surface area contributed by atoms with Gasteiger partial charge in [0.1, 0.15) is 17.3 Å². The van der Waals surface area contributed by atoms with Gasteiger partial charge in [0.2, 0.25) is 0 Å². The second-order valence-corrected chi connectivity index (χ2v) is 7.91. The standard InChI is InChI=1S/C22H26F2N4O3.ClH/c1-15-5-9-27(10-6-15)8-2-7-25-20-4-3-16(11-21(20)28(30)31)22(29)26-19-13-17(23)12-18(24)14-19;/h3-4,11-15,25H,2,5-10H2,1H3,(H,26,29);1H. The van der Waals surface area contributed by atoms with Crippen molar-refractivity contribution in [2.75, 3.05) is 36.8 Å². The van der Waals surface area contributed by atoms with Gasteiger partial charge in [0, 0.05) is 29.9 Å². The van der Waals surface area contributed by atoms with Gasteiger partial charge in [-0.1, -0.05) is 6.92 Å². The van der Waals surface area contributed by atoms with Crippen molar-refractivity contribution in [2.45, 2.75) is 26.2 Å². The zero-order chi connectivity index (χ0) is 22.4. The Kier molecular flexibility index (Phi) is 9.34. The van der Waals surface area contributed by atoms with E-state index in [9.17, 15) is 23.7 Å². The number of benzene rings is 2. The minimum Gasteiger partial charge on any atom is -0.379 e. The Bertz CT molecular complexity index is 933. The molecule has 1 fully saturated rings. The number of anilines is 2. The van der Waals surface area contributed by atoms with Gasteiger partial charge in [-0.05, 0) is 69.1 Å². The summed E-state index contributed by atoms with van der Waals surface area (Å²) in [4.78, 5) is 25.7. The summed E-state index contributed by atoms with van der Waals surface area (Å²) in [7, 11) is 0. The van der Waals surface area contributed by atoms with Gasteiger partial charge in [0.15, 0.2) is 0 Å². The molecular weight excluding hydrogens is 442 g/mol. The number of hydrogen-bond donors (Lipinski definition) is 2. The van der Waals surface area contributed by atoms with Crippen LogP contribution in [0.3, 0.4) is 0 Å². The number of nitrogens with one attached hydrogen (secondary N) is 2. The average Bonchev–Trinajstić information content (AvgIpc) is 2.71. The van der Waals surface area contributed by atoms with Crippen LogP contribution in [0.25, 0.3) is 0 Å². The molecule has 0 radical (unpaired) electrons. The Hall–Kier alpha value is -2.78. The smallest absolute Gasteiger partial charge is 0.293 e. The first-order chi connectivity index (χ1) is 14.8. The lowest BCUT2D eigenvalue weighted by atomic mass is 9.99. The van der Waals surface area contributed by atoms with Crippen LogP contribution in [0.2, 0.25) is 0 Å². The molecule has 1 amide bonds. The van der Waals surface area contributed by atoms with Crippen LogP contribution in [0.15, 0.2) is 36.4 Å². The van der Waals surface area contributed by atoms with E-state index < -0.39 is 22.5 Å². The van der Waals surface area contributed by atoms with Crippen LogP contribution < -0.4 is 10.6 Å². The highest BCUT2D eigenvalue weighted by molar-refractivity contribution is 6.05. The Morgan fingerprint density at radius 3 is 2.44 bits per heavy atom. The molecular formula is C22H27ClF2N4O3. The van der Waals surface area contributed by atoms with Crippen molar-refractivity contribution >= 4 is 35.4 Å². The number of nitro groups is 1. The van der Waals surface area contributed by atoms with Gasteiger partial charge in [-0.25, -0.2) is 8.78 Å². The van der Waals surface area contributed by atoms with E-state index in [4.69, 9.17) is 0 Å². The van der Waals surface area contributed by atoms with Gasteiger partial charge in [0.25, 0.3) is 11.6 Å². The highest BCUT2D eigenvalue weighted by Gasteiger charge is 2.19. The highest BCUT2D eigenvalue weighted by Crippen LogP contribution is 2.26. The molecule has 0 spiro atoms. The van der Waals surface area contributed by atoms with E-state index >= 15 is 0 Å². The highest BCUT2D eigenvalue weighted by atomic mass is 35.5. The van der Waals surface area contributed by atoms with Crippen LogP contribution >= 0.6 is 12.4 Å². The first kappa shape index (κ1) is 25.5. The average molecular weight is 469 g/mol. The Morgan fingerprint density at radius 2 is 1.81 bits per heavy atom. The fourth-order valence-electron chi connectivity index (χ4n) is 3.61. The number of nitrogens with zero attached hydrogens (tertiary/aromatic N) is 2. The summed E-state index contributed by atoms with van der Waals surface area (Å²) >= 11 is 0. The fourth-order valence-corrected chi connectivity index (χ4v) is 3.61. The summed E-state index contributed by atoms with van der Waals surface area (Å²) in [5, 5.41) is 16.9. The van der Waals surface area contributed by atoms with Gasteiger partial charge in [0.05, 0.1) is 4.92 Å². The van der Waals surface area contributed by atoms with Crippen molar-refractivity contribution in [2.24, 2.45) is 5.92 Å². The fraction of sp³-hybridized carbons (Fsp3) is 0.409. The molecule has 10 heteroatoms. The lowest BCUT2D eigenvalue weighted by Gasteiger charge is -2.30. The van der Waals surface area contributed by atoms with Crippen LogP contribution in [-0.2, 0) is 0 Å². The molecule has 174 valence electrons. The van der Waals surface area contributed by atoms with Gasteiger partial charge in [-0.3, -0.25) is 14.9 Å². The van der Waals surface area contributed by atoms with Crippen LogP contribution in [-0.4, -0.2) is 41.9 Å². The third-order valence-electron chi connectivity index (χ3n) is 5.42. The predicted molar refractivity (Wildman–Crippen MR) is 123 cm³/mol. The summed E-state index contributed by atoms with van der Waals surface area (Å²) in [6.07, 6.45) is 3.24. The lowest BCUT2D eigenvalue weighted by molar-refractivity contribution is -0.384. The molecule has 0 aromatic heterocycles. The number of carbonyl (C=O) groups excluding carboxylic acids is 1. The van der Waals surface area contributed by atoms with Gasteiger partial charge in [-0.15, -0.1) is 12.4 Å². The maximum absolute atomic E-state index is 13.3. The number of halogens is 3. The summed E-state index contributed by atoms with van der Waals surface area (Å²) in [5.41, 5.74) is 0.0410. The van der Waals surface area contributed by atoms with E-state index in [-0.39, 0.29) is 29.3 Å². The number of amides is 1. The first-order valence-electron chi connectivity index (χ1n) is 10.3. The van der Waals surface area contributed by atoms with Crippen LogP contribution in [0.4, 0.5) is 25.8 Å². The number of likely N-dealkylation sites (tertiary alicyclic amines) is 1. The lowest BCUT2D eigenvalue weighted by Crippen LogP contribution is -2.34.